The number of ether oxygens (including phenoxy) is 2. The Morgan fingerprint density at radius 1 is 1.41 bits per heavy atom. The Morgan fingerprint density at radius 2 is 2.12 bits per heavy atom. The number of carbonyl (C=O) groups excluding carboxylic acids is 1. The molecule has 0 aromatic rings. The Kier molecular flexibility index (Phi) is 5.92. The normalized spacial score (nSPS) is 18.8. The van der Waals surface area contributed by atoms with Crippen molar-refractivity contribution in [2.24, 2.45) is 0 Å². The first-order chi connectivity index (χ1) is 8.12. The Hall–Kier alpha value is -0.610. The van der Waals surface area contributed by atoms with Crippen molar-refractivity contribution in [3.63, 3.8) is 0 Å². The van der Waals surface area contributed by atoms with Gasteiger partial charge >= 0.3 is 5.97 Å². The van der Waals surface area contributed by atoms with Gasteiger partial charge in [-0.15, -0.1) is 0 Å². The first-order valence-electron chi connectivity index (χ1n) is 6.56. The van der Waals surface area contributed by atoms with Gasteiger partial charge in [-0.1, -0.05) is 19.8 Å². The third-order valence-electron chi connectivity index (χ3n) is 3.02. The van der Waals surface area contributed by atoms with Crippen LogP contribution in [0.3, 0.4) is 0 Å². The highest BCUT2D eigenvalue weighted by molar-refractivity contribution is 5.80. The minimum Gasteiger partial charge on any atom is -0.468 e. The van der Waals surface area contributed by atoms with E-state index in [2.05, 4.69) is 12.2 Å². The first kappa shape index (κ1) is 14.5. The summed E-state index contributed by atoms with van der Waals surface area (Å²) in [5, 5.41) is 3.31. The van der Waals surface area contributed by atoms with Gasteiger partial charge in [-0.3, -0.25) is 5.32 Å². The Balaban J connectivity index is 2.31. The number of carbonyl (C=O) groups is 1. The molecule has 0 bridgehead atoms. The van der Waals surface area contributed by atoms with Crippen molar-refractivity contribution in [3.05, 3.63) is 0 Å². The zero-order chi connectivity index (χ0) is 12.7. The van der Waals surface area contributed by atoms with Gasteiger partial charge in [-0.25, -0.2) is 4.79 Å². The van der Waals surface area contributed by atoms with Crippen molar-refractivity contribution in [3.8, 4) is 0 Å². The molecule has 0 aromatic carbocycles. The lowest BCUT2D eigenvalue weighted by molar-refractivity contribution is -0.150. The molecule has 1 fully saturated rings. The zero-order valence-corrected chi connectivity index (χ0v) is 11.3. The largest absolute Gasteiger partial charge is 0.468 e. The van der Waals surface area contributed by atoms with Crippen LogP contribution in [0.2, 0.25) is 0 Å². The predicted molar refractivity (Wildman–Crippen MR) is 66.9 cm³/mol. The van der Waals surface area contributed by atoms with Gasteiger partial charge in [0.2, 0.25) is 0 Å². The van der Waals surface area contributed by atoms with E-state index >= 15 is 0 Å². The predicted octanol–water partition coefficient (Wildman–Crippen LogP) is 1.88. The third kappa shape index (κ3) is 5.04. The molecule has 0 spiro atoms. The van der Waals surface area contributed by atoms with E-state index in [1.807, 2.05) is 6.92 Å². The minimum absolute atomic E-state index is 0.236. The van der Waals surface area contributed by atoms with Crippen molar-refractivity contribution < 1.29 is 14.3 Å². The standard InChI is InChI=1S/C13H25NO3/c1-4-5-6-9-17-10-13(2,12(15)16-3)14-11-7-8-11/h11,14H,4-10H2,1-3H3. The molecule has 1 rings (SSSR count). The molecule has 1 aliphatic rings. The summed E-state index contributed by atoms with van der Waals surface area (Å²) in [4.78, 5) is 11.8. The third-order valence-corrected chi connectivity index (χ3v) is 3.02. The molecule has 0 amide bonds. The van der Waals surface area contributed by atoms with Crippen molar-refractivity contribution in [1.82, 2.24) is 5.32 Å². The molecule has 17 heavy (non-hydrogen) atoms. The summed E-state index contributed by atoms with van der Waals surface area (Å²) in [6.45, 7) is 5.12. The lowest BCUT2D eigenvalue weighted by atomic mass is 10.0. The summed E-state index contributed by atoms with van der Waals surface area (Å²) in [5.74, 6) is -0.236. The Morgan fingerprint density at radius 3 is 2.65 bits per heavy atom. The van der Waals surface area contributed by atoms with Gasteiger partial charge < -0.3 is 9.47 Å². The van der Waals surface area contributed by atoms with Gasteiger partial charge in [-0.05, 0) is 26.2 Å². The molecule has 0 heterocycles. The highest BCUT2D eigenvalue weighted by Crippen LogP contribution is 2.23. The molecular weight excluding hydrogens is 218 g/mol. The van der Waals surface area contributed by atoms with E-state index < -0.39 is 5.54 Å². The van der Waals surface area contributed by atoms with Crippen molar-refractivity contribution in [2.45, 2.75) is 57.5 Å². The van der Waals surface area contributed by atoms with Gasteiger partial charge in [-0.2, -0.15) is 0 Å². The number of rotatable bonds is 9. The fourth-order valence-electron chi connectivity index (χ4n) is 1.79. The van der Waals surface area contributed by atoms with E-state index in [0.29, 0.717) is 19.3 Å². The number of nitrogens with one attached hydrogen (secondary N) is 1. The van der Waals surface area contributed by atoms with Crippen LogP contribution in [0.25, 0.3) is 0 Å². The molecule has 1 unspecified atom stereocenters. The number of esters is 1. The molecule has 1 aliphatic carbocycles. The molecule has 1 atom stereocenters. The number of unbranched alkanes of at least 4 members (excludes halogenated alkanes) is 2. The molecule has 4 nitrogen and oxygen atoms in total. The Labute approximate surface area is 104 Å². The van der Waals surface area contributed by atoms with Crippen LogP contribution in [0.5, 0.6) is 0 Å². The van der Waals surface area contributed by atoms with Crippen molar-refractivity contribution in [2.75, 3.05) is 20.3 Å². The van der Waals surface area contributed by atoms with Crippen LogP contribution in [0.1, 0.15) is 46.0 Å². The van der Waals surface area contributed by atoms with Gasteiger partial charge in [0.1, 0.15) is 5.54 Å². The van der Waals surface area contributed by atoms with Crippen LogP contribution in [-0.2, 0) is 14.3 Å². The van der Waals surface area contributed by atoms with Gasteiger partial charge in [0.15, 0.2) is 0 Å². The van der Waals surface area contributed by atoms with E-state index in [0.717, 1.165) is 19.3 Å². The summed E-state index contributed by atoms with van der Waals surface area (Å²) in [6.07, 6.45) is 5.69. The van der Waals surface area contributed by atoms with E-state index in [-0.39, 0.29) is 5.97 Å². The quantitative estimate of drug-likeness (QED) is 0.496. The smallest absolute Gasteiger partial charge is 0.328 e. The van der Waals surface area contributed by atoms with E-state index in [1.54, 1.807) is 0 Å². The van der Waals surface area contributed by atoms with Gasteiger partial charge in [0.05, 0.1) is 13.7 Å². The van der Waals surface area contributed by atoms with E-state index in [9.17, 15) is 4.79 Å². The maximum Gasteiger partial charge on any atom is 0.328 e. The molecule has 0 radical (unpaired) electrons. The summed E-state index contributed by atoms with van der Waals surface area (Å²) < 4.78 is 10.4. The molecule has 100 valence electrons. The summed E-state index contributed by atoms with van der Waals surface area (Å²) in [5.41, 5.74) is -0.692. The number of hydrogen-bond donors (Lipinski definition) is 1. The molecule has 0 saturated heterocycles. The second kappa shape index (κ2) is 6.97. The maximum absolute atomic E-state index is 11.8. The summed E-state index contributed by atoms with van der Waals surface area (Å²) >= 11 is 0. The second-order valence-electron chi connectivity index (χ2n) is 5.00. The van der Waals surface area contributed by atoms with Crippen LogP contribution in [0.4, 0.5) is 0 Å². The van der Waals surface area contributed by atoms with Crippen molar-refractivity contribution in [1.29, 1.82) is 0 Å². The minimum atomic E-state index is -0.692. The topological polar surface area (TPSA) is 47.6 Å². The highest BCUT2D eigenvalue weighted by atomic mass is 16.5. The Bertz CT molecular complexity index is 241. The molecular formula is C13H25NO3. The monoisotopic (exact) mass is 243 g/mol. The van der Waals surface area contributed by atoms with Gasteiger partial charge in [0.25, 0.3) is 0 Å². The summed E-state index contributed by atoms with van der Waals surface area (Å²) in [7, 11) is 1.42. The second-order valence-corrected chi connectivity index (χ2v) is 5.00. The SMILES string of the molecule is CCCCCOCC(C)(NC1CC1)C(=O)OC. The lowest BCUT2D eigenvalue weighted by Gasteiger charge is -2.27. The fraction of sp³-hybridized carbons (Fsp3) is 0.923. The average molecular weight is 243 g/mol. The first-order valence-corrected chi connectivity index (χ1v) is 6.56. The van der Waals surface area contributed by atoms with Crippen LogP contribution in [-0.4, -0.2) is 37.9 Å². The average Bonchev–Trinajstić information content (AvgIpc) is 3.11. The molecule has 1 N–H and O–H groups in total. The lowest BCUT2D eigenvalue weighted by Crippen LogP contribution is -2.54. The van der Waals surface area contributed by atoms with E-state index in [1.165, 1.54) is 20.0 Å². The van der Waals surface area contributed by atoms with Gasteiger partial charge in [0, 0.05) is 12.6 Å². The molecule has 0 aliphatic heterocycles. The van der Waals surface area contributed by atoms with E-state index in [4.69, 9.17) is 9.47 Å². The maximum atomic E-state index is 11.8. The zero-order valence-electron chi connectivity index (χ0n) is 11.3. The summed E-state index contributed by atoms with van der Waals surface area (Å²) in [6, 6.07) is 0.457. The van der Waals surface area contributed by atoms with Crippen LogP contribution in [0.15, 0.2) is 0 Å². The molecule has 4 heteroatoms. The molecule has 1 saturated carbocycles. The molecule has 0 aromatic heterocycles. The number of hydrogen-bond acceptors (Lipinski definition) is 4. The fourth-order valence-corrected chi connectivity index (χ4v) is 1.79. The van der Waals surface area contributed by atoms with Crippen LogP contribution >= 0.6 is 0 Å². The van der Waals surface area contributed by atoms with Crippen LogP contribution < -0.4 is 5.32 Å². The highest BCUT2D eigenvalue weighted by Gasteiger charge is 2.39. The number of methoxy groups -OCH3 is 1. The van der Waals surface area contributed by atoms with Crippen LogP contribution in [0, 0.1) is 0 Å². The van der Waals surface area contributed by atoms with Crippen molar-refractivity contribution >= 4 is 5.97 Å².